The van der Waals surface area contributed by atoms with Gasteiger partial charge in [0.05, 0.1) is 0 Å². The monoisotopic (exact) mass is 312 g/mol. The number of halogens is 1. The van der Waals surface area contributed by atoms with Gasteiger partial charge in [-0.15, -0.1) is 0 Å². The molecule has 0 aliphatic heterocycles. The third kappa shape index (κ3) is 5.98. The third-order valence-corrected chi connectivity index (χ3v) is 3.81. The molecule has 0 radical (unpaired) electrons. The number of likely N-dealkylation sites (N-methyl/N-ethyl adjacent to an activating group) is 1. The van der Waals surface area contributed by atoms with Gasteiger partial charge in [-0.2, -0.15) is 0 Å². The molecule has 0 atom stereocenters. The van der Waals surface area contributed by atoms with Gasteiger partial charge >= 0.3 is 0 Å². The van der Waals surface area contributed by atoms with Crippen molar-refractivity contribution in [3.63, 3.8) is 0 Å². The Morgan fingerprint density at radius 2 is 1.78 bits per heavy atom. The Kier molecular flexibility index (Phi) is 7.56. The van der Waals surface area contributed by atoms with Crippen molar-refractivity contribution in [3.05, 3.63) is 34.3 Å². The van der Waals surface area contributed by atoms with E-state index in [9.17, 15) is 0 Å². The molecular weight excluding hydrogens is 288 g/mol. The molecule has 0 aliphatic rings. The molecule has 1 rings (SSSR count). The normalized spacial score (nSPS) is 11.4. The van der Waals surface area contributed by atoms with Gasteiger partial charge in [0.25, 0.3) is 0 Å². The van der Waals surface area contributed by atoms with E-state index in [0.717, 1.165) is 24.1 Å². The summed E-state index contributed by atoms with van der Waals surface area (Å²) in [7, 11) is 2.18. The predicted octanol–water partition coefficient (Wildman–Crippen LogP) is 3.66. The molecule has 0 bridgehead atoms. The minimum atomic E-state index is 0.672. The quantitative estimate of drug-likeness (QED) is 0.788. The molecular formula is C15H25BrN2. The lowest BCUT2D eigenvalue weighted by molar-refractivity contribution is 0.314. The molecule has 0 aromatic heterocycles. The minimum Gasteiger partial charge on any atom is -0.313 e. The Morgan fingerprint density at radius 3 is 2.33 bits per heavy atom. The lowest BCUT2D eigenvalue weighted by Gasteiger charge is -2.20. The van der Waals surface area contributed by atoms with E-state index < -0.39 is 0 Å². The highest BCUT2D eigenvalue weighted by atomic mass is 79.9. The van der Waals surface area contributed by atoms with Crippen LogP contribution >= 0.6 is 15.9 Å². The van der Waals surface area contributed by atoms with E-state index in [2.05, 4.69) is 71.3 Å². The van der Waals surface area contributed by atoms with Crippen molar-refractivity contribution in [2.45, 2.75) is 39.3 Å². The second kappa shape index (κ2) is 8.68. The Balaban J connectivity index is 2.25. The van der Waals surface area contributed by atoms with Crippen LogP contribution in [0, 0.1) is 0 Å². The van der Waals surface area contributed by atoms with Crippen LogP contribution in [0.2, 0.25) is 0 Å². The van der Waals surface area contributed by atoms with Gasteiger partial charge in [-0.1, -0.05) is 41.9 Å². The highest BCUT2D eigenvalue weighted by Crippen LogP contribution is 2.11. The zero-order valence-electron chi connectivity index (χ0n) is 11.7. The summed E-state index contributed by atoms with van der Waals surface area (Å²) in [5.74, 6) is 0. The van der Waals surface area contributed by atoms with E-state index in [1.165, 1.54) is 18.4 Å². The van der Waals surface area contributed by atoms with Crippen LogP contribution in [0.5, 0.6) is 0 Å². The molecule has 0 saturated heterocycles. The first kappa shape index (κ1) is 15.7. The molecule has 1 N–H and O–H groups in total. The minimum absolute atomic E-state index is 0.672. The number of nitrogens with zero attached hydrogens (tertiary/aromatic N) is 1. The van der Waals surface area contributed by atoms with Gasteiger partial charge in [0.15, 0.2) is 0 Å². The average molecular weight is 313 g/mol. The van der Waals surface area contributed by atoms with E-state index in [4.69, 9.17) is 0 Å². The number of nitrogens with one attached hydrogen (secondary N) is 1. The van der Waals surface area contributed by atoms with Crippen molar-refractivity contribution >= 4 is 15.9 Å². The Morgan fingerprint density at radius 1 is 1.17 bits per heavy atom. The fourth-order valence-electron chi connectivity index (χ4n) is 2.02. The molecule has 0 unspecified atom stereocenters. The highest BCUT2D eigenvalue weighted by Gasteiger charge is 2.03. The van der Waals surface area contributed by atoms with Crippen LogP contribution in [0.15, 0.2) is 28.7 Å². The summed E-state index contributed by atoms with van der Waals surface area (Å²) in [5, 5.41) is 3.60. The highest BCUT2D eigenvalue weighted by molar-refractivity contribution is 9.10. The van der Waals surface area contributed by atoms with Crippen molar-refractivity contribution < 1.29 is 0 Å². The van der Waals surface area contributed by atoms with E-state index in [0.29, 0.717) is 6.04 Å². The Hall–Kier alpha value is -0.380. The van der Waals surface area contributed by atoms with Crippen LogP contribution in [0.1, 0.15) is 32.3 Å². The average Bonchev–Trinajstić information content (AvgIpc) is 2.37. The maximum absolute atomic E-state index is 3.60. The molecule has 1 aromatic carbocycles. The first-order valence-corrected chi connectivity index (χ1v) is 7.61. The zero-order chi connectivity index (χ0) is 13.4. The number of hydrogen-bond donors (Lipinski definition) is 1. The van der Waals surface area contributed by atoms with E-state index in [1.807, 2.05) is 0 Å². The maximum atomic E-state index is 3.60. The first-order chi connectivity index (χ1) is 8.65. The SMILES string of the molecule is CCC(CC)NCCN(C)Cc1ccc(Br)cc1. The number of benzene rings is 1. The number of hydrogen-bond acceptors (Lipinski definition) is 2. The van der Waals surface area contributed by atoms with Crippen molar-refractivity contribution in [2.75, 3.05) is 20.1 Å². The smallest absolute Gasteiger partial charge is 0.0231 e. The summed E-state index contributed by atoms with van der Waals surface area (Å²) < 4.78 is 1.14. The largest absolute Gasteiger partial charge is 0.313 e. The van der Waals surface area contributed by atoms with Crippen molar-refractivity contribution in [1.82, 2.24) is 10.2 Å². The van der Waals surface area contributed by atoms with Gasteiger partial charge in [0.2, 0.25) is 0 Å². The molecule has 0 aliphatic carbocycles. The summed E-state index contributed by atoms with van der Waals surface area (Å²) in [5.41, 5.74) is 1.36. The van der Waals surface area contributed by atoms with Crippen LogP contribution < -0.4 is 5.32 Å². The second-order valence-electron chi connectivity index (χ2n) is 4.83. The first-order valence-electron chi connectivity index (χ1n) is 6.82. The summed E-state index contributed by atoms with van der Waals surface area (Å²) in [6.45, 7) is 7.66. The Bertz CT molecular complexity index is 320. The van der Waals surface area contributed by atoms with Crippen LogP contribution in [0.4, 0.5) is 0 Å². The lowest BCUT2D eigenvalue weighted by Crippen LogP contribution is -2.35. The Labute approximate surface area is 120 Å². The third-order valence-electron chi connectivity index (χ3n) is 3.28. The summed E-state index contributed by atoms with van der Waals surface area (Å²) in [4.78, 5) is 2.36. The molecule has 3 heteroatoms. The van der Waals surface area contributed by atoms with Gasteiger partial charge < -0.3 is 10.2 Å². The molecule has 0 amide bonds. The van der Waals surface area contributed by atoms with Gasteiger partial charge in [0.1, 0.15) is 0 Å². The van der Waals surface area contributed by atoms with E-state index >= 15 is 0 Å². The topological polar surface area (TPSA) is 15.3 Å². The summed E-state index contributed by atoms with van der Waals surface area (Å²) in [6, 6.07) is 9.23. The van der Waals surface area contributed by atoms with Crippen molar-refractivity contribution in [1.29, 1.82) is 0 Å². The van der Waals surface area contributed by atoms with Crippen LogP contribution in [-0.4, -0.2) is 31.1 Å². The fourth-order valence-corrected chi connectivity index (χ4v) is 2.28. The zero-order valence-corrected chi connectivity index (χ0v) is 13.3. The molecule has 0 saturated carbocycles. The molecule has 0 heterocycles. The fraction of sp³-hybridized carbons (Fsp3) is 0.600. The molecule has 0 spiro atoms. The predicted molar refractivity (Wildman–Crippen MR) is 82.8 cm³/mol. The van der Waals surface area contributed by atoms with Crippen molar-refractivity contribution in [2.24, 2.45) is 0 Å². The van der Waals surface area contributed by atoms with Crippen molar-refractivity contribution in [3.8, 4) is 0 Å². The van der Waals surface area contributed by atoms with Gasteiger partial charge in [0, 0.05) is 30.1 Å². The van der Waals surface area contributed by atoms with Crippen LogP contribution in [-0.2, 0) is 6.54 Å². The molecule has 2 nitrogen and oxygen atoms in total. The van der Waals surface area contributed by atoms with E-state index in [1.54, 1.807) is 0 Å². The van der Waals surface area contributed by atoms with Gasteiger partial charge in [-0.05, 0) is 37.6 Å². The second-order valence-corrected chi connectivity index (χ2v) is 5.75. The molecule has 18 heavy (non-hydrogen) atoms. The van der Waals surface area contributed by atoms with Gasteiger partial charge in [-0.25, -0.2) is 0 Å². The van der Waals surface area contributed by atoms with Crippen LogP contribution in [0.3, 0.4) is 0 Å². The van der Waals surface area contributed by atoms with Gasteiger partial charge in [-0.3, -0.25) is 0 Å². The van der Waals surface area contributed by atoms with Crippen LogP contribution in [0.25, 0.3) is 0 Å². The molecule has 1 aromatic rings. The standard InChI is InChI=1S/C15H25BrN2/c1-4-15(5-2)17-10-11-18(3)12-13-6-8-14(16)9-7-13/h6-9,15,17H,4-5,10-12H2,1-3H3. The lowest BCUT2D eigenvalue weighted by atomic mass is 10.2. The summed E-state index contributed by atoms with van der Waals surface area (Å²) in [6.07, 6.45) is 2.43. The summed E-state index contributed by atoms with van der Waals surface area (Å²) >= 11 is 3.46. The number of rotatable bonds is 8. The molecule has 0 fully saturated rings. The maximum Gasteiger partial charge on any atom is 0.0231 e. The molecule has 102 valence electrons. The van der Waals surface area contributed by atoms with E-state index in [-0.39, 0.29) is 0 Å².